The Morgan fingerprint density at radius 1 is 1.00 bits per heavy atom. The van der Waals surface area contributed by atoms with Gasteiger partial charge in [-0.3, -0.25) is 4.79 Å². The van der Waals surface area contributed by atoms with Gasteiger partial charge in [-0.25, -0.2) is 0 Å². The van der Waals surface area contributed by atoms with E-state index in [1.54, 1.807) is 18.2 Å². The zero-order valence-electron chi connectivity index (χ0n) is 19.4. The van der Waals surface area contributed by atoms with E-state index >= 15 is 0 Å². The molecule has 2 aromatic carbocycles. The van der Waals surface area contributed by atoms with E-state index in [4.69, 9.17) is 9.47 Å². The number of methoxy groups -OCH3 is 2. The zero-order valence-corrected chi connectivity index (χ0v) is 19.4. The summed E-state index contributed by atoms with van der Waals surface area (Å²) in [7, 11) is 3.02. The van der Waals surface area contributed by atoms with Crippen molar-refractivity contribution in [3.05, 3.63) is 57.9 Å². The van der Waals surface area contributed by atoms with Crippen molar-refractivity contribution >= 4 is 11.4 Å². The van der Waals surface area contributed by atoms with Gasteiger partial charge in [-0.1, -0.05) is 0 Å². The summed E-state index contributed by atoms with van der Waals surface area (Å²) < 4.78 is 53.8. The molecule has 0 saturated carbocycles. The SMILES string of the molecule is COc1cc(OC)cc(-c2nn(-c3cc(N4CCCC4)ccc3C(F)(F)F)c(=O)c3c2CCN3)c1. The number of rotatable bonds is 5. The topological polar surface area (TPSA) is 68.6 Å². The van der Waals surface area contributed by atoms with Crippen molar-refractivity contribution in [3.8, 4) is 28.4 Å². The normalized spacial score (nSPS) is 15.2. The van der Waals surface area contributed by atoms with Crippen molar-refractivity contribution < 1.29 is 22.6 Å². The van der Waals surface area contributed by atoms with Gasteiger partial charge in [-0.15, -0.1) is 0 Å². The zero-order chi connectivity index (χ0) is 24.7. The fourth-order valence-corrected chi connectivity index (χ4v) is 4.74. The van der Waals surface area contributed by atoms with Gasteiger partial charge in [0.05, 0.1) is 31.2 Å². The van der Waals surface area contributed by atoms with Gasteiger partial charge in [0.1, 0.15) is 17.2 Å². The maximum Gasteiger partial charge on any atom is 0.418 e. The molecule has 3 heterocycles. The molecule has 0 bridgehead atoms. The molecular formula is C25H25F3N4O3. The van der Waals surface area contributed by atoms with Crippen LogP contribution < -0.4 is 25.2 Å². The Kier molecular flexibility index (Phi) is 5.82. The number of hydrogen-bond acceptors (Lipinski definition) is 6. The number of fused-ring (bicyclic) bond motifs is 1. The molecule has 0 atom stereocenters. The molecule has 1 fully saturated rings. The van der Waals surface area contributed by atoms with Gasteiger partial charge in [0.2, 0.25) is 0 Å². The van der Waals surface area contributed by atoms with Crippen molar-refractivity contribution in [2.45, 2.75) is 25.4 Å². The van der Waals surface area contributed by atoms with Gasteiger partial charge in [-0.05, 0) is 49.6 Å². The Bertz CT molecular complexity index is 1310. The van der Waals surface area contributed by atoms with Gasteiger partial charge in [0, 0.05) is 42.5 Å². The van der Waals surface area contributed by atoms with E-state index in [0.717, 1.165) is 36.7 Å². The molecule has 0 aliphatic carbocycles. The second-order valence-corrected chi connectivity index (χ2v) is 8.59. The van der Waals surface area contributed by atoms with E-state index in [2.05, 4.69) is 10.4 Å². The van der Waals surface area contributed by atoms with E-state index < -0.39 is 17.3 Å². The van der Waals surface area contributed by atoms with Crippen molar-refractivity contribution in [1.29, 1.82) is 0 Å². The summed E-state index contributed by atoms with van der Waals surface area (Å²) >= 11 is 0. The van der Waals surface area contributed by atoms with Crippen LogP contribution in [0.1, 0.15) is 24.0 Å². The number of nitrogens with one attached hydrogen (secondary N) is 1. The lowest BCUT2D eigenvalue weighted by molar-refractivity contribution is -0.137. The number of benzene rings is 2. The number of ether oxygens (including phenoxy) is 2. The highest BCUT2D eigenvalue weighted by molar-refractivity contribution is 5.74. The maximum absolute atomic E-state index is 14.1. The summed E-state index contributed by atoms with van der Waals surface area (Å²) in [6, 6.07) is 9.06. The van der Waals surface area contributed by atoms with E-state index in [1.807, 2.05) is 4.90 Å². The summed E-state index contributed by atoms with van der Waals surface area (Å²) in [6.45, 7) is 2.01. The summed E-state index contributed by atoms with van der Waals surface area (Å²) in [5.41, 5.74) is 0.724. The van der Waals surface area contributed by atoms with Crippen LogP contribution in [-0.2, 0) is 12.6 Å². The van der Waals surface area contributed by atoms with Crippen LogP contribution in [0.5, 0.6) is 11.5 Å². The Morgan fingerprint density at radius 3 is 2.31 bits per heavy atom. The number of hydrogen-bond donors (Lipinski definition) is 1. The van der Waals surface area contributed by atoms with Crippen molar-refractivity contribution in [1.82, 2.24) is 9.78 Å². The first-order chi connectivity index (χ1) is 16.8. The first-order valence-corrected chi connectivity index (χ1v) is 11.4. The predicted molar refractivity (Wildman–Crippen MR) is 127 cm³/mol. The molecule has 35 heavy (non-hydrogen) atoms. The van der Waals surface area contributed by atoms with Gasteiger partial charge in [0.15, 0.2) is 0 Å². The highest BCUT2D eigenvalue weighted by Gasteiger charge is 2.36. The van der Waals surface area contributed by atoms with Gasteiger partial charge < -0.3 is 19.7 Å². The first-order valence-electron chi connectivity index (χ1n) is 11.4. The fraction of sp³-hybridized carbons (Fsp3) is 0.360. The molecule has 1 N–H and O–H groups in total. The Balaban J connectivity index is 1.77. The summed E-state index contributed by atoms with van der Waals surface area (Å²) in [5, 5.41) is 7.56. The standard InChI is InChI=1S/C25H25F3N4O3/c1-34-17-11-15(12-18(14-17)35-2)22-19-7-8-29-23(19)24(33)32(30-22)21-13-16(31-9-3-4-10-31)5-6-20(21)25(26,27)28/h5-6,11-14,29H,3-4,7-10H2,1-2H3. The molecule has 7 nitrogen and oxygen atoms in total. The monoisotopic (exact) mass is 486 g/mol. The van der Waals surface area contributed by atoms with Crippen LogP contribution in [0, 0.1) is 0 Å². The smallest absolute Gasteiger partial charge is 0.418 e. The number of alkyl halides is 3. The Hall–Kier alpha value is -3.69. The molecule has 10 heteroatoms. The summed E-state index contributed by atoms with van der Waals surface area (Å²) in [6.07, 6.45) is -2.20. The average Bonchev–Trinajstić information content (AvgIpc) is 3.56. The first kappa shape index (κ1) is 23.1. The minimum Gasteiger partial charge on any atom is -0.497 e. The molecule has 184 valence electrons. The molecule has 5 rings (SSSR count). The second-order valence-electron chi connectivity index (χ2n) is 8.59. The highest BCUT2D eigenvalue weighted by atomic mass is 19.4. The van der Waals surface area contributed by atoms with Crippen molar-refractivity contribution in [2.75, 3.05) is 44.1 Å². The lowest BCUT2D eigenvalue weighted by Gasteiger charge is -2.22. The molecular weight excluding hydrogens is 461 g/mol. The average molecular weight is 486 g/mol. The number of nitrogens with zero attached hydrogens (tertiary/aromatic N) is 3. The van der Waals surface area contributed by atoms with Gasteiger partial charge in [-0.2, -0.15) is 23.0 Å². The minimum absolute atomic E-state index is 0.261. The van der Waals surface area contributed by atoms with Crippen LogP contribution in [-0.4, -0.2) is 43.6 Å². The molecule has 1 aromatic heterocycles. The lowest BCUT2D eigenvalue weighted by Crippen LogP contribution is -2.27. The Labute approximate surface area is 200 Å². The highest BCUT2D eigenvalue weighted by Crippen LogP contribution is 2.38. The quantitative estimate of drug-likeness (QED) is 0.573. The number of halogens is 3. The molecule has 2 aliphatic rings. The maximum atomic E-state index is 14.1. The number of anilines is 2. The van der Waals surface area contributed by atoms with Crippen LogP contribution in [0.3, 0.4) is 0 Å². The van der Waals surface area contributed by atoms with Crippen LogP contribution in [0.2, 0.25) is 0 Å². The fourth-order valence-electron chi connectivity index (χ4n) is 4.74. The van der Waals surface area contributed by atoms with E-state index in [-0.39, 0.29) is 11.4 Å². The van der Waals surface area contributed by atoms with Crippen molar-refractivity contribution in [3.63, 3.8) is 0 Å². The van der Waals surface area contributed by atoms with E-state index in [1.165, 1.54) is 26.4 Å². The molecule has 3 aromatic rings. The second kappa shape index (κ2) is 8.83. The van der Waals surface area contributed by atoms with Crippen LogP contribution >= 0.6 is 0 Å². The number of aromatic nitrogens is 2. The van der Waals surface area contributed by atoms with Crippen LogP contribution in [0.15, 0.2) is 41.2 Å². The van der Waals surface area contributed by atoms with Crippen LogP contribution in [0.4, 0.5) is 24.5 Å². The minimum atomic E-state index is -4.66. The third-order valence-corrected chi connectivity index (χ3v) is 6.48. The molecule has 1 saturated heterocycles. The Morgan fingerprint density at radius 2 is 1.69 bits per heavy atom. The molecule has 0 unspecified atom stereocenters. The molecule has 2 aliphatic heterocycles. The van der Waals surface area contributed by atoms with E-state index in [9.17, 15) is 18.0 Å². The summed E-state index contributed by atoms with van der Waals surface area (Å²) in [5.74, 6) is 1.01. The van der Waals surface area contributed by atoms with Crippen molar-refractivity contribution in [2.24, 2.45) is 0 Å². The summed E-state index contributed by atoms with van der Waals surface area (Å²) in [4.78, 5) is 15.4. The molecule has 0 radical (unpaired) electrons. The third-order valence-electron chi connectivity index (χ3n) is 6.48. The predicted octanol–water partition coefficient (Wildman–Crippen LogP) is 4.50. The van der Waals surface area contributed by atoms with Crippen LogP contribution in [0.25, 0.3) is 16.9 Å². The molecule has 0 amide bonds. The third kappa shape index (κ3) is 4.17. The molecule has 0 spiro atoms. The largest absolute Gasteiger partial charge is 0.497 e. The van der Waals surface area contributed by atoms with E-state index in [0.29, 0.717) is 47.0 Å². The van der Waals surface area contributed by atoms with Gasteiger partial charge >= 0.3 is 6.18 Å². The lowest BCUT2D eigenvalue weighted by atomic mass is 10.0. The van der Waals surface area contributed by atoms with Gasteiger partial charge in [0.25, 0.3) is 5.56 Å².